The van der Waals surface area contributed by atoms with Gasteiger partial charge in [0.15, 0.2) is 11.5 Å². The predicted molar refractivity (Wildman–Crippen MR) is 128 cm³/mol. The molecule has 0 radical (unpaired) electrons. The highest BCUT2D eigenvalue weighted by molar-refractivity contribution is 5.88. The van der Waals surface area contributed by atoms with E-state index in [-0.39, 0.29) is 0 Å². The van der Waals surface area contributed by atoms with Crippen LogP contribution in [0.4, 0.5) is 17.3 Å². The monoisotopic (exact) mass is 451 g/mol. The van der Waals surface area contributed by atoms with Gasteiger partial charge >= 0.3 is 0 Å². The van der Waals surface area contributed by atoms with Crippen molar-refractivity contribution in [2.24, 2.45) is 0 Å². The Hall–Kier alpha value is -4.31. The van der Waals surface area contributed by atoms with Gasteiger partial charge in [0.05, 0.1) is 11.1 Å². The third-order valence-corrected chi connectivity index (χ3v) is 6.49. The molecule has 6 heterocycles. The van der Waals surface area contributed by atoms with Crippen molar-refractivity contribution in [1.29, 1.82) is 0 Å². The average Bonchev–Trinajstić information content (AvgIpc) is 3.27. The summed E-state index contributed by atoms with van der Waals surface area (Å²) in [5.41, 5.74) is 3.48. The molecule has 2 saturated heterocycles. The van der Waals surface area contributed by atoms with E-state index in [9.17, 15) is 0 Å². The molecule has 10 heteroatoms. The minimum atomic E-state index is 0.301. The minimum absolute atomic E-state index is 0.301. The summed E-state index contributed by atoms with van der Waals surface area (Å²) in [5, 5.41) is 11.0. The number of pyridine rings is 2. The van der Waals surface area contributed by atoms with Gasteiger partial charge in [0.25, 0.3) is 0 Å². The van der Waals surface area contributed by atoms with E-state index >= 15 is 0 Å². The summed E-state index contributed by atoms with van der Waals surface area (Å²) in [4.78, 5) is 20.2. The highest BCUT2D eigenvalue weighted by Gasteiger charge is 2.47. The fraction of sp³-hybridized carbons (Fsp3) is 0.208. The number of anilines is 3. The molecule has 0 amide bonds. The molecule has 0 bridgehead atoms. The van der Waals surface area contributed by atoms with Crippen LogP contribution in [0.25, 0.3) is 16.7 Å². The molecule has 0 unspecified atom stereocenters. The van der Waals surface area contributed by atoms with Gasteiger partial charge in [0, 0.05) is 31.0 Å². The first-order valence-electron chi connectivity index (χ1n) is 11.2. The normalized spacial score (nSPS) is 16.4. The second-order valence-corrected chi connectivity index (χ2v) is 8.75. The minimum Gasteiger partial charge on any atom is -0.457 e. The molecule has 2 N–H and O–H groups in total. The molecule has 2 aliphatic heterocycles. The Balaban J connectivity index is 1.10. The summed E-state index contributed by atoms with van der Waals surface area (Å²) < 4.78 is 7.66. The lowest BCUT2D eigenvalue weighted by Gasteiger charge is -2.56. The summed E-state index contributed by atoms with van der Waals surface area (Å²) >= 11 is 0. The number of nitrogens with zero attached hydrogens (tertiary/aromatic N) is 7. The van der Waals surface area contributed by atoms with Crippen molar-refractivity contribution >= 4 is 34.0 Å². The zero-order valence-corrected chi connectivity index (χ0v) is 18.2. The second-order valence-electron chi connectivity index (χ2n) is 8.75. The molecule has 5 aromatic rings. The molecule has 10 nitrogen and oxygen atoms in total. The number of fused-ring (bicyclic) bond motifs is 2. The van der Waals surface area contributed by atoms with Gasteiger partial charge in [-0.05, 0) is 55.4 Å². The molecule has 7 rings (SSSR count). The average molecular weight is 451 g/mol. The fourth-order valence-corrected chi connectivity index (χ4v) is 4.53. The molecular formula is C24H21N9O. The lowest BCUT2D eigenvalue weighted by Crippen LogP contribution is -2.76. The van der Waals surface area contributed by atoms with Gasteiger partial charge in [-0.3, -0.25) is 0 Å². The van der Waals surface area contributed by atoms with Crippen LogP contribution < -0.4 is 20.3 Å². The lowest BCUT2D eigenvalue weighted by molar-refractivity contribution is 0.159. The lowest BCUT2D eigenvalue weighted by atomic mass is 9.80. The Morgan fingerprint density at radius 2 is 1.82 bits per heavy atom. The van der Waals surface area contributed by atoms with E-state index in [1.165, 1.54) is 12.7 Å². The molecule has 2 fully saturated rings. The van der Waals surface area contributed by atoms with E-state index in [2.05, 4.69) is 35.6 Å². The van der Waals surface area contributed by atoms with Crippen LogP contribution in [0.15, 0.2) is 67.4 Å². The molecule has 4 aromatic heterocycles. The van der Waals surface area contributed by atoms with E-state index in [1.807, 2.05) is 54.7 Å². The van der Waals surface area contributed by atoms with Crippen molar-refractivity contribution in [3.05, 3.63) is 67.4 Å². The SMILES string of the molecule is c1nc(Nc2ccc(Oc3ccn4ncnc4c3)cc2)c2nc(N3CC4(CCN4)C3)ccc2n1. The van der Waals surface area contributed by atoms with Crippen molar-refractivity contribution in [2.45, 2.75) is 12.0 Å². The summed E-state index contributed by atoms with van der Waals surface area (Å²) in [7, 11) is 0. The topological polar surface area (TPSA) is 105 Å². The first kappa shape index (κ1) is 19.2. The predicted octanol–water partition coefficient (Wildman–Crippen LogP) is 3.16. The Labute approximate surface area is 194 Å². The van der Waals surface area contributed by atoms with Crippen molar-refractivity contribution in [1.82, 2.24) is 34.9 Å². The van der Waals surface area contributed by atoms with E-state index in [4.69, 9.17) is 9.72 Å². The fourth-order valence-electron chi connectivity index (χ4n) is 4.53. The van der Waals surface area contributed by atoms with Crippen molar-refractivity contribution < 1.29 is 4.74 Å². The number of nitrogens with one attached hydrogen (secondary N) is 2. The Bertz CT molecular complexity index is 1500. The zero-order valence-electron chi connectivity index (χ0n) is 18.2. The molecule has 34 heavy (non-hydrogen) atoms. The van der Waals surface area contributed by atoms with Crippen LogP contribution in [0.3, 0.4) is 0 Å². The van der Waals surface area contributed by atoms with E-state index in [0.717, 1.165) is 53.6 Å². The Kier molecular flexibility index (Phi) is 4.15. The van der Waals surface area contributed by atoms with Gasteiger partial charge in [-0.15, -0.1) is 0 Å². The summed E-state index contributed by atoms with van der Waals surface area (Å²) in [5.74, 6) is 3.05. The third-order valence-electron chi connectivity index (χ3n) is 6.49. The van der Waals surface area contributed by atoms with Gasteiger partial charge in [-0.1, -0.05) is 0 Å². The van der Waals surface area contributed by atoms with Crippen LogP contribution in [0.1, 0.15) is 6.42 Å². The highest BCUT2D eigenvalue weighted by Crippen LogP contribution is 2.34. The molecule has 0 atom stereocenters. The summed E-state index contributed by atoms with van der Waals surface area (Å²) in [6.07, 6.45) is 6.13. The second kappa shape index (κ2) is 7.35. The quantitative estimate of drug-likeness (QED) is 0.417. The Morgan fingerprint density at radius 3 is 2.65 bits per heavy atom. The van der Waals surface area contributed by atoms with Gasteiger partial charge in [-0.25, -0.2) is 24.5 Å². The largest absolute Gasteiger partial charge is 0.457 e. The molecule has 1 aromatic carbocycles. The van der Waals surface area contributed by atoms with Crippen LogP contribution in [0.5, 0.6) is 11.5 Å². The molecule has 0 saturated carbocycles. The Morgan fingerprint density at radius 1 is 0.941 bits per heavy atom. The maximum Gasteiger partial charge on any atom is 0.160 e. The maximum atomic E-state index is 5.97. The number of rotatable bonds is 5. The van der Waals surface area contributed by atoms with Crippen LogP contribution in [0.2, 0.25) is 0 Å². The van der Waals surface area contributed by atoms with E-state index in [1.54, 1.807) is 10.8 Å². The molecule has 2 aliphatic rings. The van der Waals surface area contributed by atoms with Gasteiger partial charge < -0.3 is 20.3 Å². The maximum absolute atomic E-state index is 5.97. The van der Waals surface area contributed by atoms with Crippen LogP contribution in [-0.4, -0.2) is 54.7 Å². The number of benzene rings is 1. The van der Waals surface area contributed by atoms with Crippen molar-refractivity contribution in [2.75, 3.05) is 29.9 Å². The van der Waals surface area contributed by atoms with Gasteiger partial charge in [0.2, 0.25) is 0 Å². The van der Waals surface area contributed by atoms with Gasteiger partial charge in [-0.2, -0.15) is 5.10 Å². The first-order chi connectivity index (χ1) is 16.7. The number of aromatic nitrogens is 6. The molecule has 168 valence electrons. The molecule has 0 aliphatic carbocycles. The summed E-state index contributed by atoms with van der Waals surface area (Å²) in [6, 6.07) is 15.4. The standard InChI is InChI=1S/C24H21N9O/c1-3-17(34-18-7-10-33-21(11-18)26-15-29-33)4-2-16(1)30-23-22-19(25-14-27-23)5-6-20(31-22)32-12-24(13-32)8-9-28-24/h1-7,10-11,14-15,28H,8-9,12-13H2,(H,25,27,30). The first-order valence-corrected chi connectivity index (χ1v) is 11.2. The van der Waals surface area contributed by atoms with Crippen molar-refractivity contribution in [3.8, 4) is 11.5 Å². The smallest absolute Gasteiger partial charge is 0.160 e. The van der Waals surface area contributed by atoms with E-state index < -0.39 is 0 Å². The third kappa shape index (κ3) is 3.27. The van der Waals surface area contributed by atoms with Crippen LogP contribution in [-0.2, 0) is 0 Å². The summed E-state index contributed by atoms with van der Waals surface area (Å²) in [6.45, 7) is 3.10. The number of ether oxygens (including phenoxy) is 1. The van der Waals surface area contributed by atoms with E-state index in [0.29, 0.717) is 17.1 Å². The van der Waals surface area contributed by atoms with Crippen LogP contribution in [0, 0.1) is 0 Å². The zero-order chi connectivity index (χ0) is 22.5. The van der Waals surface area contributed by atoms with Crippen molar-refractivity contribution in [3.63, 3.8) is 0 Å². The highest BCUT2D eigenvalue weighted by atomic mass is 16.5. The molecular weight excluding hydrogens is 430 g/mol. The molecule has 1 spiro atoms. The number of hydrogen-bond acceptors (Lipinski definition) is 9. The van der Waals surface area contributed by atoms with Gasteiger partial charge in [0.1, 0.15) is 35.5 Å². The van der Waals surface area contributed by atoms with Crippen LogP contribution >= 0.6 is 0 Å². The number of hydrogen-bond donors (Lipinski definition) is 2.